The second-order valence-electron chi connectivity index (χ2n) is 11.4. The first-order valence-electron chi connectivity index (χ1n) is 15.3. The minimum absolute atomic E-state index is 0.0645. The number of allylic oxidation sites excluding steroid dienone is 5. The van der Waals surface area contributed by atoms with Crippen molar-refractivity contribution in [2.24, 2.45) is 11.3 Å². The average molecular weight is 633 g/mol. The first kappa shape index (κ1) is 32.6. The van der Waals surface area contributed by atoms with Gasteiger partial charge in [0.05, 0.1) is 19.2 Å². The molecule has 2 amide bonds. The number of amides is 2. The molecule has 3 N–H and O–H groups in total. The Bertz CT molecular complexity index is 1680. The van der Waals surface area contributed by atoms with E-state index < -0.39 is 29.2 Å². The molecule has 1 heterocycles. The highest BCUT2D eigenvalue weighted by atomic mass is 19.1. The van der Waals surface area contributed by atoms with E-state index >= 15 is 4.39 Å². The quantitative estimate of drug-likeness (QED) is 0.177. The van der Waals surface area contributed by atoms with E-state index in [4.69, 9.17) is 14.2 Å². The molecule has 1 saturated carbocycles. The predicted octanol–water partition coefficient (Wildman–Crippen LogP) is 6.37. The Morgan fingerprint density at radius 2 is 1.85 bits per heavy atom. The molecule has 5 rings (SSSR count). The lowest BCUT2D eigenvalue weighted by Crippen LogP contribution is -2.39. The van der Waals surface area contributed by atoms with E-state index in [-0.39, 0.29) is 11.4 Å². The van der Waals surface area contributed by atoms with Gasteiger partial charge in [-0.15, -0.1) is 0 Å². The number of halogens is 2. The Labute approximate surface area is 266 Å². The van der Waals surface area contributed by atoms with Crippen LogP contribution in [-0.2, 0) is 9.59 Å². The minimum Gasteiger partial charge on any atom is -0.493 e. The second kappa shape index (κ2) is 14.6. The summed E-state index contributed by atoms with van der Waals surface area (Å²) in [6, 6.07) is 9.20. The molecular weight excluding hydrogens is 594 g/mol. The third-order valence-corrected chi connectivity index (χ3v) is 8.16. The SMILES string of the molecule is CCC(CCNC)COc1cc2nccc(Oc3ccc(NC(=O)C4(C(=O)NC5=CC=CC(F)C=C5)CC4)cc3F)c2cc1OC. The van der Waals surface area contributed by atoms with E-state index in [0.717, 1.165) is 25.5 Å². The third-order valence-electron chi connectivity index (χ3n) is 8.16. The number of anilines is 1. The first-order valence-corrected chi connectivity index (χ1v) is 15.3. The summed E-state index contributed by atoms with van der Waals surface area (Å²) in [5.41, 5.74) is -0.144. The number of rotatable bonds is 14. The van der Waals surface area contributed by atoms with Crippen molar-refractivity contribution in [3.8, 4) is 23.0 Å². The van der Waals surface area contributed by atoms with E-state index in [1.807, 2.05) is 7.05 Å². The summed E-state index contributed by atoms with van der Waals surface area (Å²) in [4.78, 5) is 30.5. The van der Waals surface area contributed by atoms with Crippen LogP contribution in [0.2, 0.25) is 0 Å². The maximum Gasteiger partial charge on any atom is 0.240 e. The molecule has 11 heteroatoms. The fraction of sp³-hybridized carbons (Fsp3) is 0.343. The summed E-state index contributed by atoms with van der Waals surface area (Å²) in [6.07, 6.45) is 10.1. The Kier molecular flexibility index (Phi) is 10.3. The van der Waals surface area contributed by atoms with E-state index in [9.17, 15) is 14.0 Å². The maximum atomic E-state index is 15.3. The number of fused-ring (bicyclic) bond motifs is 1. The van der Waals surface area contributed by atoms with E-state index in [2.05, 4.69) is 27.9 Å². The lowest BCUT2D eigenvalue weighted by Gasteiger charge is -2.18. The molecule has 2 atom stereocenters. The van der Waals surface area contributed by atoms with Gasteiger partial charge in [-0.05, 0) is 87.3 Å². The molecule has 0 saturated heterocycles. The topological polar surface area (TPSA) is 111 Å². The number of aromatic nitrogens is 1. The molecule has 3 aromatic rings. The fourth-order valence-electron chi connectivity index (χ4n) is 5.08. The highest BCUT2D eigenvalue weighted by molar-refractivity contribution is 6.13. The van der Waals surface area contributed by atoms with E-state index in [1.54, 1.807) is 37.6 Å². The monoisotopic (exact) mass is 632 g/mol. The number of carbonyl (C=O) groups excluding carboxylic acids is 2. The Morgan fingerprint density at radius 1 is 1.04 bits per heavy atom. The molecule has 2 aromatic carbocycles. The highest BCUT2D eigenvalue weighted by Gasteiger charge is 2.56. The van der Waals surface area contributed by atoms with Gasteiger partial charge >= 0.3 is 0 Å². The molecular formula is C35H38F2N4O5. The molecule has 9 nitrogen and oxygen atoms in total. The summed E-state index contributed by atoms with van der Waals surface area (Å²) in [5, 5.41) is 9.10. The number of methoxy groups -OCH3 is 1. The molecule has 0 bridgehead atoms. The van der Waals surface area contributed by atoms with Gasteiger partial charge in [0.25, 0.3) is 0 Å². The number of alkyl halides is 1. The molecule has 1 fully saturated rings. The molecule has 46 heavy (non-hydrogen) atoms. The summed E-state index contributed by atoms with van der Waals surface area (Å²) in [7, 11) is 3.48. The zero-order valence-corrected chi connectivity index (χ0v) is 26.1. The van der Waals surface area contributed by atoms with Crippen LogP contribution in [0.15, 0.2) is 78.7 Å². The van der Waals surface area contributed by atoms with Crippen LogP contribution in [-0.4, -0.2) is 50.3 Å². The van der Waals surface area contributed by atoms with Gasteiger partial charge in [-0.3, -0.25) is 14.6 Å². The van der Waals surface area contributed by atoms with Crippen molar-refractivity contribution in [1.29, 1.82) is 0 Å². The summed E-state index contributed by atoms with van der Waals surface area (Å²) >= 11 is 0. The van der Waals surface area contributed by atoms with Gasteiger partial charge in [-0.2, -0.15) is 0 Å². The number of hydrogen-bond acceptors (Lipinski definition) is 7. The number of ether oxygens (including phenoxy) is 3. The Balaban J connectivity index is 1.27. The van der Waals surface area contributed by atoms with Crippen LogP contribution in [0.25, 0.3) is 10.9 Å². The Morgan fingerprint density at radius 3 is 2.57 bits per heavy atom. The normalized spacial score (nSPS) is 17.1. The molecule has 0 spiro atoms. The van der Waals surface area contributed by atoms with Crippen molar-refractivity contribution in [3.63, 3.8) is 0 Å². The van der Waals surface area contributed by atoms with Gasteiger partial charge in [0, 0.05) is 35.1 Å². The van der Waals surface area contributed by atoms with Crippen LogP contribution >= 0.6 is 0 Å². The number of benzene rings is 2. The molecule has 2 aliphatic rings. The zero-order valence-electron chi connectivity index (χ0n) is 26.1. The minimum atomic E-state index is -1.28. The van der Waals surface area contributed by atoms with Crippen molar-refractivity contribution in [2.75, 3.05) is 32.6 Å². The largest absolute Gasteiger partial charge is 0.493 e. The number of nitrogens with one attached hydrogen (secondary N) is 3. The number of hydrogen-bond donors (Lipinski definition) is 3. The molecule has 0 radical (unpaired) electrons. The van der Waals surface area contributed by atoms with Gasteiger partial charge < -0.3 is 30.2 Å². The van der Waals surface area contributed by atoms with Crippen LogP contribution in [0, 0.1) is 17.2 Å². The van der Waals surface area contributed by atoms with E-state index in [0.29, 0.717) is 59.2 Å². The smallest absolute Gasteiger partial charge is 0.240 e. The molecule has 2 aliphatic carbocycles. The van der Waals surface area contributed by atoms with Crippen molar-refractivity contribution < 1.29 is 32.6 Å². The second-order valence-corrected chi connectivity index (χ2v) is 11.4. The number of carbonyl (C=O) groups is 2. The fourth-order valence-corrected chi connectivity index (χ4v) is 5.08. The lowest BCUT2D eigenvalue weighted by atomic mass is 10.0. The van der Waals surface area contributed by atoms with Gasteiger partial charge in [-0.1, -0.05) is 19.4 Å². The highest BCUT2D eigenvalue weighted by Crippen LogP contribution is 2.47. The van der Waals surface area contributed by atoms with Crippen molar-refractivity contribution >= 4 is 28.4 Å². The van der Waals surface area contributed by atoms with Crippen LogP contribution < -0.4 is 30.2 Å². The van der Waals surface area contributed by atoms with Crippen LogP contribution in [0.1, 0.15) is 32.6 Å². The summed E-state index contributed by atoms with van der Waals surface area (Å²) in [6.45, 7) is 3.57. The number of nitrogens with zero attached hydrogens (tertiary/aromatic N) is 1. The molecule has 0 aliphatic heterocycles. The van der Waals surface area contributed by atoms with Crippen LogP contribution in [0.3, 0.4) is 0 Å². The van der Waals surface area contributed by atoms with Gasteiger partial charge in [0.1, 0.15) is 17.3 Å². The van der Waals surface area contributed by atoms with Crippen LogP contribution in [0.4, 0.5) is 14.5 Å². The maximum absolute atomic E-state index is 15.3. The third kappa shape index (κ3) is 7.54. The van der Waals surface area contributed by atoms with Crippen molar-refractivity contribution in [3.05, 3.63) is 84.5 Å². The lowest BCUT2D eigenvalue weighted by molar-refractivity contribution is -0.133. The van der Waals surface area contributed by atoms with E-state index in [1.165, 1.54) is 36.4 Å². The average Bonchev–Trinajstić information content (AvgIpc) is 3.89. The molecule has 2 unspecified atom stereocenters. The van der Waals surface area contributed by atoms with Gasteiger partial charge in [0.2, 0.25) is 11.8 Å². The van der Waals surface area contributed by atoms with Gasteiger partial charge in [-0.25, -0.2) is 8.78 Å². The standard InChI is InChI=1S/C35H38F2N4O5/c1-4-22(12-16-38-2)21-45-32-20-28-26(19-31(32)44-3)29(13-17-39-28)46-30-11-10-25(18-27(30)37)41-34(43)35(14-15-35)33(42)40-24-7-5-6-23(36)8-9-24/h5-11,13,17-20,22-23,38H,4,12,14-16,21H2,1-3H3,(H,40,42)(H,41,43). The summed E-state index contributed by atoms with van der Waals surface area (Å²) < 4.78 is 46.5. The number of pyridine rings is 1. The molecule has 242 valence electrons. The van der Waals surface area contributed by atoms with Crippen molar-refractivity contribution in [2.45, 2.75) is 38.8 Å². The predicted molar refractivity (Wildman–Crippen MR) is 172 cm³/mol. The van der Waals surface area contributed by atoms with Crippen LogP contribution in [0.5, 0.6) is 23.0 Å². The molecule has 1 aromatic heterocycles. The zero-order chi connectivity index (χ0) is 32.7. The van der Waals surface area contributed by atoms with Crippen molar-refractivity contribution in [1.82, 2.24) is 15.6 Å². The van der Waals surface area contributed by atoms with Gasteiger partial charge in [0.15, 0.2) is 23.1 Å². The summed E-state index contributed by atoms with van der Waals surface area (Å²) in [5.74, 6) is -0.0299. The first-order chi connectivity index (χ1) is 22.3. The Hall–Kier alpha value is -4.77.